The first-order valence-corrected chi connectivity index (χ1v) is 8.44. The van der Waals surface area contributed by atoms with Crippen molar-refractivity contribution in [1.82, 2.24) is 0 Å². The largest absolute Gasteiger partial charge is 0.483 e. The van der Waals surface area contributed by atoms with Crippen LogP contribution in [0.5, 0.6) is 5.75 Å². The molecule has 0 aliphatic carbocycles. The number of sulfonamides is 1. The van der Waals surface area contributed by atoms with Gasteiger partial charge in [0.2, 0.25) is 0 Å². The van der Waals surface area contributed by atoms with Crippen LogP contribution in [-0.2, 0) is 10.0 Å². The lowest BCUT2D eigenvalue weighted by molar-refractivity contribution is 0.159. The summed E-state index contributed by atoms with van der Waals surface area (Å²) in [6.45, 7) is 3.90. The smallest absolute Gasteiger partial charge is 0.261 e. The topological polar surface area (TPSA) is 55.4 Å². The summed E-state index contributed by atoms with van der Waals surface area (Å²) in [5, 5.41) is 0. The van der Waals surface area contributed by atoms with E-state index in [9.17, 15) is 8.42 Å². The van der Waals surface area contributed by atoms with Crippen LogP contribution in [0.25, 0.3) is 6.08 Å². The van der Waals surface area contributed by atoms with Gasteiger partial charge in [-0.15, -0.1) is 0 Å². The fourth-order valence-electron chi connectivity index (χ4n) is 2.25. The molecular weight excluding hydrogens is 298 g/mol. The summed E-state index contributed by atoms with van der Waals surface area (Å²) in [5.41, 5.74) is 0.916. The van der Waals surface area contributed by atoms with Crippen LogP contribution in [0.2, 0.25) is 0 Å². The summed E-state index contributed by atoms with van der Waals surface area (Å²) in [4.78, 5) is 0.211. The third-order valence-electron chi connectivity index (χ3n) is 3.35. The molecule has 0 radical (unpaired) electrons. The van der Waals surface area contributed by atoms with Gasteiger partial charge in [0.15, 0.2) is 0 Å². The maximum atomic E-state index is 12.4. The van der Waals surface area contributed by atoms with Crippen LogP contribution in [-0.4, -0.2) is 14.0 Å². The molecule has 0 saturated carbocycles. The van der Waals surface area contributed by atoms with E-state index in [0.29, 0.717) is 11.4 Å². The van der Waals surface area contributed by atoms with Gasteiger partial charge in [-0.3, -0.25) is 4.72 Å². The summed E-state index contributed by atoms with van der Waals surface area (Å²) in [6.07, 6.45) is 3.80. The second-order valence-corrected chi connectivity index (χ2v) is 7.39. The normalized spacial score (nSPS) is 15.7. The zero-order valence-corrected chi connectivity index (χ0v) is 13.2. The zero-order valence-electron chi connectivity index (χ0n) is 12.4. The molecule has 1 N–H and O–H groups in total. The highest BCUT2D eigenvalue weighted by Crippen LogP contribution is 2.32. The van der Waals surface area contributed by atoms with Crippen LogP contribution in [0.4, 0.5) is 5.69 Å². The second kappa shape index (κ2) is 5.18. The van der Waals surface area contributed by atoms with Gasteiger partial charge in [-0.2, -0.15) is 0 Å². The SMILES string of the molecule is CC1(C)C=Cc2cc(S(=O)(=O)Nc3ccccc3)ccc2O1. The van der Waals surface area contributed by atoms with E-state index in [2.05, 4.69) is 4.72 Å². The Balaban J connectivity index is 1.93. The molecule has 0 amide bonds. The molecule has 2 aromatic carbocycles. The number of fused-ring (bicyclic) bond motifs is 1. The van der Waals surface area contributed by atoms with E-state index in [0.717, 1.165) is 5.56 Å². The Morgan fingerprint density at radius 1 is 1.05 bits per heavy atom. The molecular formula is C17H17NO3S. The van der Waals surface area contributed by atoms with Crippen LogP contribution >= 0.6 is 0 Å². The molecule has 0 fully saturated rings. The molecule has 1 aliphatic rings. The van der Waals surface area contributed by atoms with E-state index in [1.165, 1.54) is 0 Å². The van der Waals surface area contributed by atoms with Gasteiger partial charge in [0.1, 0.15) is 11.4 Å². The molecule has 0 bridgehead atoms. The lowest BCUT2D eigenvalue weighted by Crippen LogP contribution is -2.27. The van der Waals surface area contributed by atoms with Crippen molar-refractivity contribution >= 4 is 21.8 Å². The molecule has 1 aliphatic heterocycles. The Hall–Kier alpha value is -2.27. The van der Waals surface area contributed by atoms with Crippen LogP contribution in [0.1, 0.15) is 19.4 Å². The number of hydrogen-bond acceptors (Lipinski definition) is 3. The van der Waals surface area contributed by atoms with Crippen molar-refractivity contribution in [2.75, 3.05) is 4.72 Å². The van der Waals surface area contributed by atoms with Crippen molar-refractivity contribution in [2.24, 2.45) is 0 Å². The summed E-state index contributed by atoms with van der Waals surface area (Å²) in [7, 11) is -3.62. The predicted octanol–water partition coefficient (Wildman–Crippen LogP) is 3.67. The van der Waals surface area contributed by atoms with Crippen molar-refractivity contribution in [3.8, 4) is 5.75 Å². The molecule has 22 heavy (non-hydrogen) atoms. The van der Waals surface area contributed by atoms with Crippen molar-refractivity contribution < 1.29 is 13.2 Å². The number of nitrogens with one attached hydrogen (secondary N) is 1. The van der Waals surface area contributed by atoms with Gasteiger partial charge >= 0.3 is 0 Å². The van der Waals surface area contributed by atoms with Crippen molar-refractivity contribution in [2.45, 2.75) is 24.3 Å². The Morgan fingerprint density at radius 3 is 2.50 bits per heavy atom. The van der Waals surface area contributed by atoms with Crippen LogP contribution in [0.3, 0.4) is 0 Å². The molecule has 2 aromatic rings. The second-order valence-electron chi connectivity index (χ2n) is 5.71. The molecule has 0 unspecified atom stereocenters. The number of anilines is 1. The first kappa shape index (κ1) is 14.7. The number of hydrogen-bond donors (Lipinski definition) is 1. The van der Waals surface area contributed by atoms with E-state index in [1.54, 1.807) is 42.5 Å². The molecule has 4 nitrogen and oxygen atoms in total. The molecule has 1 heterocycles. The van der Waals surface area contributed by atoms with Gasteiger partial charge in [-0.1, -0.05) is 24.3 Å². The van der Waals surface area contributed by atoms with Crippen LogP contribution in [0, 0.1) is 0 Å². The minimum absolute atomic E-state index is 0.211. The highest BCUT2D eigenvalue weighted by atomic mass is 32.2. The summed E-state index contributed by atoms with van der Waals surface area (Å²) < 4.78 is 33.2. The standard InChI is InChI=1S/C17H17NO3S/c1-17(2)11-10-13-12-15(8-9-16(13)21-17)22(19,20)18-14-6-4-3-5-7-14/h3-12,18H,1-2H3. The fraction of sp³-hybridized carbons (Fsp3) is 0.176. The molecule has 0 aromatic heterocycles. The number of benzene rings is 2. The first-order valence-electron chi connectivity index (χ1n) is 6.96. The summed E-state index contributed by atoms with van der Waals surface area (Å²) >= 11 is 0. The van der Waals surface area contributed by atoms with E-state index < -0.39 is 10.0 Å². The number of para-hydroxylation sites is 1. The van der Waals surface area contributed by atoms with Gasteiger partial charge in [-0.05, 0) is 50.3 Å². The Bertz CT molecular complexity index is 824. The number of ether oxygens (including phenoxy) is 1. The molecule has 3 rings (SSSR count). The molecule has 114 valence electrons. The van der Waals surface area contributed by atoms with E-state index in [-0.39, 0.29) is 10.5 Å². The lowest BCUT2D eigenvalue weighted by Gasteiger charge is -2.28. The average Bonchev–Trinajstić information content (AvgIpc) is 2.46. The summed E-state index contributed by atoms with van der Waals surface area (Å²) in [5.74, 6) is 0.686. The molecule has 0 saturated heterocycles. The van der Waals surface area contributed by atoms with Gasteiger partial charge in [0.25, 0.3) is 10.0 Å². The molecule has 5 heteroatoms. The predicted molar refractivity (Wildman–Crippen MR) is 87.4 cm³/mol. The summed E-state index contributed by atoms with van der Waals surface area (Å²) in [6, 6.07) is 13.7. The van der Waals surface area contributed by atoms with Gasteiger partial charge in [0.05, 0.1) is 4.90 Å². The lowest BCUT2D eigenvalue weighted by atomic mass is 10.0. The zero-order chi connectivity index (χ0) is 15.8. The Kier molecular flexibility index (Phi) is 3.45. The number of rotatable bonds is 3. The maximum Gasteiger partial charge on any atom is 0.261 e. The highest BCUT2D eigenvalue weighted by Gasteiger charge is 2.23. The van der Waals surface area contributed by atoms with E-state index in [1.807, 2.05) is 32.1 Å². The third-order valence-corrected chi connectivity index (χ3v) is 4.73. The Labute approximate surface area is 130 Å². The quantitative estimate of drug-likeness (QED) is 0.940. The Morgan fingerprint density at radius 2 is 1.77 bits per heavy atom. The van der Waals surface area contributed by atoms with E-state index >= 15 is 0 Å². The molecule has 0 atom stereocenters. The minimum atomic E-state index is -3.62. The van der Waals surface area contributed by atoms with Gasteiger partial charge < -0.3 is 4.74 Å². The van der Waals surface area contributed by atoms with Gasteiger partial charge in [0, 0.05) is 11.3 Å². The molecule has 0 spiro atoms. The monoisotopic (exact) mass is 315 g/mol. The van der Waals surface area contributed by atoms with Crippen LogP contribution in [0.15, 0.2) is 59.5 Å². The van der Waals surface area contributed by atoms with Crippen molar-refractivity contribution in [3.05, 3.63) is 60.2 Å². The van der Waals surface area contributed by atoms with Gasteiger partial charge in [-0.25, -0.2) is 8.42 Å². The third kappa shape index (κ3) is 2.99. The average molecular weight is 315 g/mol. The maximum absolute atomic E-state index is 12.4. The minimum Gasteiger partial charge on any atom is -0.483 e. The van der Waals surface area contributed by atoms with Crippen molar-refractivity contribution in [1.29, 1.82) is 0 Å². The highest BCUT2D eigenvalue weighted by molar-refractivity contribution is 7.92. The van der Waals surface area contributed by atoms with E-state index in [4.69, 9.17) is 4.74 Å². The van der Waals surface area contributed by atoms with Crippen molar-refractivity contribution in [3.63, 3.8) is 0 Å². The van der Waals surface area contributed by atoms with Crippen LogP contribution < -0.4 is 9.46 Å². The first-order chi connectivity index (χ1) is 10.4. The fourth-order valence-corrected chi connectivity index (χ4v) is 3.34.